The van der Waals surface area contributed by atoms with E-state index in [1.165, 1.54) is 4.31 Å². The largest absolute Gasteiger partial charge is 0.324 e. The molecule has 1 fully saturated rings. The first-order valence-electron chi connectivity index (χ1n) is 10.7. The number of sulfonamides is 1. The minimum atomic E-state index is -3.60. The number of piperidine rings is 1. The minimum absolute atomic E-state index is 0.0918. The predicted molar refractivity (Wildman–Crippen MR) is 126 cm³/mol. The molecule has 162 valence electrons. The highest BCUT2D eigenvalue weighted by atomic mass is 32.2. The monoisotopic (exact) mass is 445 g/mol. The summed E-state index contributed by atoms with van der Waals surface area (Å²) < 4.78 is 27.8. The van der Waals surface area contributed by atoms with Crippen molar-refractivity contribution in [3.05, 3.63) is 79.0 Å². The lowest BCUT2D eigenvalue weighted by Crippen LogP contribution is -2.41. The molecule has 1 aromatic heterocycles. The van der Waals surface area contributed by atoms with Crippen molar-refractivity contribution in [3.8, 4) is 0 Å². The van der Waals surface area contributed by atoms with E-state index in [-0.39, 0.29) is 11.8 Å². The number of carbonyl (C=O) groups excluding carboxylic acids is 1. The van der Waals surface area contributed by atoms with Gasteiger partial charge in [0, 0.05) is 30.6 Å². The summed E-state index contributed by atoms with van der Waals surface area (Å²) in [6.07, 6.45) is 2.67. The van der Waals surface area contributed by atoms with Gasteiger partial charge in [-0.05, 0) is 47.9 Å². The van der Waals surface area contributed by atoms with Crippen molar-refractivity contribution < 1.29 is 13.2 Å². The van der Waals surface area contributed by atoms with Gasteiger partial charge in [0.05, 0.1) is 16.1 Å². The van der Waals surface area contributed by atoms with E-state index >= 15 is 0 Å². The summed E-state index contributed by atoms with van der Waals surface area (Å²) in [5, 5.41) is 5.85. The summed E-state index contributed by atoms with van der Waals surface area (Å²) in [6, 6.07) is 22.4. The van der Waals surface area contributed by atoms with Gasteiger partial charge in [-0.2, -0.15) is 4.31 Å². The third-order valence-electron chi connectivity index (χ3n) is 6.07. The number of fused-ring (bicyclic) bond motifs is 2. The second-order valence-corrected chi connectivity index (χ2v) is 10.00. The number of rotatable bonds is 4. The van der Waals surface area contributed by atoms with Crippen molar-refractivity contribution in [2.45, 2.75) is 17.7 Å². The van der Waals surface area contributed by atoms with Crippen molar-refractivity contribution in [1.82, 2.24) is 9.29 Å². The number of para-hydroxylation sites is 1. The Balaban J connectivity index is 1.28. The quantitative estimate of drug-likeness (QED) is 0.504. The fourth-order valence-electron chi connectivity index (χ4n) is 4.28. The summed E-state index contributed by atoms with van der Waals surface area (Å²) in [7, 11) is -3.60. The number of carbonyl (C=O) groups is 1. The second-order valence-electron chi connectivity index (χ2n) is 8.06. The molecule has 0 radical (unpaired) electrons. The van der Waals surface area contributed by atoms with Crippen LogP contribution in [0, 0.1) is 5.92 Å². The smallest absolute Gasteiger partial charge is 0.243 e. The first-order valence-corrected chi connectivity index (χ1v) is 12.1. The van der Waals surface area contributed by atoms with Gasteiger partial charge in [0.15, 0.2) is 0 Å². The molecule has 5 rings (SSSR count). The van der Waals surface area contributed by atoms with E-state index in [4.69, 9.17) is 0 Å². The van der Waals surface area contributed by atoms with Gasteiger partial charge in [0.1, 0.15) is 0 Å². The fraction of sp³-hybridized carbons (Fsp3) is 0.200. The van der Waals surface area contributed by atoms with Crippen LogP contribution < -0.4 is 5.32 Å². The molecule has 0 unspecified atom stereocenters. The molecule has 0 aliphatic carbocycles. The first-order chi connectivity index (χ1) is 15.5. The van der Waals surface area contributed by atoms with Gasteiger partial charge in [0.25, 0.3) is 0 Å². The molecule has 1 N–H and O–H groups in total. The van der Waals surface area contributed by atoms with Crippen LogP contribution in [0.15, 0.2) is 83.9 Å². The number of amides is 1. The Hall–Kier alpha value is -3.29. The van der Waals surface area contributed by atoms with Crippen LogP contribution in [0.25, 0.3) is 21.7 Å². The maximum absolute atomic E-state index is 13.2. The highest BCUT2D eigenvalue weighted by Gasteiger charge is 2.32. The van der Waals surface area contributed by atoms with E-state index in [2.05, 4.69) is 10.3 Å². The molecule has 1 aliphatic heterocycles. The average molecular weight is 446 g/mol. The van der Waals surface area contributed by atoms with Gasteiger partial charge in [-0.25, -0.2) is 8.42 Å². The van der Waals surface area contributed by atoms with E-state index in [1.54, 1.807) is 18.3 Å². The molecule has 3 aromatic carbocycles. The molecule has 7 heteroatoms. The van der Waals surface area contributed by atoms with E-state index in [0.717, 1.165) is 21.7 Å². The van der Waals surface area contributed by atoms with Crippen LogP contribution >= 0.6 is 0 Å². The lowest BCUT2D eigenvalue weighted by atomic mass is 9.97. The maximum atomic E-state index is 13.2. The van der Waals surface area contributed by atoms with Crippen molar-refractivity contribution in [3.63, 3.8) is 0 Å². The highest BCUT2D eigenvalue weighted by Crippen LogP contribution is 2.28. The molecule has 1 amide bonds. The van der Waals surface area contributed by atoms with Crippen LogP contribution in [-0.4, -0.2) is 36.7 Å². The topological polar surface area (TPSA) is 79.4 Å². The number of hydrogen-bond acceptors (Lipinski definition) is 4. The summed E-state index contributed by atoms with van der Waals surface area (Å²) in [4.78, 5) is 17.5. The van der Waals surface area contributed by atoms with Crippen molar-refractivity contribution >= 4 is 43.3 Å². The van der Waals surface area contributed by atoms with Crippen molar-refractivity contribution in [2.24, 2.45) is 5.92 Å². The number of aromatic nitrogens is 1. The van der Waals surface area contributed by atoms with Crippen LogP contribution in [-0.2, 0) is 14.8 Å². The Kier molecular flexibility index (Phi) is 5.36. The van der Waals surface area contributed by atoms with Crippen LogP contribution in [0.1, 0.15) is 12.8 Å². The Labute approximate surface area is 186 Å². The van der Waals surface area contributed by atoms with Gasteiger partial charge in [-0.15, -0.1) is 0 Å². The molecular weight excluding hydrogens is 422 g/mol. The molecular formula is C25H23N3O3S. The number of nitrogens with one attached hydrogen (secondary N) is 1. The van der Waals surface area contributed by atoms with E-state index in [1.807, 2.05) is 60.7 Å². The predicted octanol–water partition coefficient (Wildman–Crippen LogP) is 4.43. The number of pyridine rings is 1. The molecule has 1 aliphatic rings. The van der Waals surface area contributed by atoms with Crippen LogP contribution in [0.3, 0.4) is 0 Å². The number of benzene rings is 3. The van der Waals surface area contributed by atoms with E-state index in [9.17, 15) is 13.2 Å². The van der Waals surface area contributed by atoms with E-state index in [0.29, 0.717) is 36.5 Å². The van der Waals surface area contributed by atoms with Gasteiger partial charge < -0.3 is 5.32 Å². The average Bonchev–Trinajstić information content (AvgIpc) is 2.84. The SMILES string of the molecule is O=C(Nc1cccc2cccnc12)C1CCN(S(=O)(=O)c2ccc3ccccc3c2)CC1. The zero-order chi connectivity index (χ0) is 22.1. The molecule has 0 spiro atoms. The summed E-state index contributed by atoms with van der Waals surface area (Å²) in [6.45, 7) is 0.641. The molecule has 0 atom stereocenters. The standard InChI is InChI=1S/C25H23N3O3S/c29-25(27-23-9-3-7-19-8-4-14-26-24(19)23)20-12-15-28(16-13-20)32(30,31)22-11-10-18-5-1-2-6-21(18)17-22/h1-11,14,17,20H,12-13,15-16H2,(H,27,29). The Morgan fingerprint density at radius 2 is 1.59 bits per heavy atom. The van der Waals surface area contributed by atoms with E-state index < -0.39 is 10.0 Å². The Morgan fingerprint density at radius 3 is 2.41 bits per heavy atom. The molecule has 2 heterocycles. The summed E-state index contributed by atoms with van der Waals surface area (Å²) in [5.41, 5.74) is 1.43. The number of nitrogens with zero attached hydrogens (tertiary/aromatic N) is 2. The highest BCUT2D eigenvalue weighted by molar-refractivity contribution is 7.89. The molecule has 32 heavy (non-hydrogen) atoms. The zero-order valence-electron chi connectivity index (χ0n) is 17.4. The number of anilines is 1. The third kappa shape index (κ3) is 3.85. The van der Waals surface area contributed by atoms with Gasteiger partial charge in [0.2, 0.25) is 15.9 Å². The first kappa shape index (κ1) is 20.6. The van der Waals surface area contributed by atoms with Crippen LogP contribution in [0.5, 0.6) is 0 Å². The van der Waals surface area contributed by atoms with Crippen LogP contribution in [0.4, 0.5) is 5.69 Å². The van der Waals surface area contributed by atoms with Crippen molar-refractivity contribution in [2.75, 3.05) is 18.4 Å². The summed E-state index contributed by atoms with van der Waals surface area (Å²) >= 11 is 0. The van der Waals surface area contributed by atoms with Gasteiger partial charge in [-0.1, -0.05) is 48.5 Å². The van der Waals surface area contributed by atoms with Gasteiger partial charge >= 0.3 is 0 Å². The van der Waals surface area contributed by atoms with Crippen LogP contribution in [0.2, 0.25) is 0 Å². The second kappa shape index (κ2) is 8.33. The van der Waals surface area contributed by atoms with Crippen molar-refractivity contribution in [1.29, 1.82) is 0 Å². The molecule has 0 saturated carbocycles. The maximum Gasteiger partial charge on any atom is 0.243 e. The lowest BCUT2D eigenvalue weighted by Gasteiger charge is -2.30. The number of hydrogen-bond donors (Lipinski definition) is 1. The molecule has 1 saturated heterocycles. The Morgan fingerprint density at radius 1 is 0.875 bits per heavy atom. The third-order valence-corrected chi connectivity index (χ3v) is 7.97. The molecule has 6 nitrogen and oxygen atoms in total. The lowest BCUT2D eigenvalue weighted by molar-refractivity contribution is -0.120. The van der Waals surface area contributed by atoms with Gasteiger partial charge in [-0.3, -0.25) is 9.78 Å². The fourth-order valence-corrected chi connectivity index (χ4v) is 5.78. The zero-order valence-corrected chi connectivity index (χ0v) is 18.3. The Bertz CT molecular complexity index is 1410. The normalized spacial score (nSPS) is 15.8. The molecule has 0 bridgehead atoms. The summed E-state index contributed by atoms with van der Waals surface area (Å²) in [5.74, 6) is -0.331. The molecule has 4 aromatic rings. The minimum Gasteiger partial charge on any atom is -0.324 e.